The minimum Gasteiger partial charge on any atom is -0.507 e. The van der Waals surface area contributed by atoms with E-state index in [2.05, 4.69) is 5.32 Å². The van der Waals surface area contributed by atoms with Gasteiger partial charge in [0, 0.05) is 41.5 Å². The van der Waals surface area contributed by atoms with Crippen molar-refractivity contribution in [1.29, 1.82) is 0 Å². The predicted octanol–water partition coefficient (Wildman–Crippen LogP) is 4.33. The molecule has 1 amide bonds. The smallest absolute Gasteiger partial charge is 0.231 e. The highest BCUT2D eigenvalue weighted by Crippen LogP contribution is 2.45. The number of carbonyl (C=O) groups is 1. The number of amides is 1. The highest BCUT2D eigenvalue weighted by molar-refractivity contribution is 6.20. The first-order chi connectivity index (χ1) is 15.5. The molecule has 0 aromatic heterocycles. The Morgan fingerprint density at radius 1 is 1.12 bits per heavy atom. The molecule has 2 N–H and O–H groups in total. The van der Waals surface area contributed by atoms with Gasteiger partial charge < -0.3 is 29.4 Å². The Bertz CT molecular complexity index is 973. The van der Waals surface area contributed by atoms with E-state index in [0.717, 1.165) is 31.2 Å². The number of rotatable bonds is 7. The summed E-state index contributed by atoms with van der Waals surface area (Å²) in [5, 5.41) is 14.2. The molecule has 8 heteroatoms. The van der Waals surface area contributed by atoms with Crippen LogP contribution in [0.1, 0.15) is 49.1 Å². The zero-order valence-corrected chi connectivity index (χ0v) is 19.0. The third-order valence-corrected chi connectivity index (χ3v) is 6.54. The second-order valence-corrected chi connectivity index (χ2v) is 8.77. The monoisotopic (exact) mass is 461 g/mol. The molecule has 1 aliphatic carbocycles. The third-order valence-electron chi connectivity index (χ3n) is 6.11. The average molecular weight is 462 g/mol. The third kappa shape index (κ3) is 4.83. The number of aromatic hydroxyl groups is 1. The van der Waals surface area contributed by atoms with Gasteiger partial charge in [-0.3, -0.25) is 4.79 Å². The zero-order valence-electron chi connectivity index (χ0n) is 18.2. The number of benzene rings is 2. The molecule has 2 aromatic rings. The number of alkyl halides is 1. The van der Waals surface area contributed by atoms with Crippen molar-refractivity contribution in [3.8, 4) is 28.7 Å². The van der Waals surface area contributed by atoms with E-state index in [4.69, 9.17) is 30.5 Å². The molecule has 0 saturated heterocycles. The second-order valence-electron chi connectivity index (χ2n) is 8.15. The summed E-state index contributed by atoms with van der Waals surface area (Å²) in [6, 6.07) is 8.89. The van der Waals surface area contributed by atoms with Gasteiger partial charge in [-0.15, -0.1) is 11.6 Å². The number of fused-ring (bicyclic) bond motifs is 1. The fourth-order valence-electron chi connectivity index (χ4n) is 4.41. The minimum atomic E-state index is -0.463. The van der Waals surface area contributed by atoms with Crippen LogP contribution in [0, 0.1) is 0 Å². The fourth-order valence-corrected chi connectivity index (χ4v) is 4.66. The van der Waals surface area contributed by atoms with Gasteiger partial charge in [0.2, 0.25) is 12.7 Å². The van der Waals surface area contributed by atoms with Gasteiger partial charge in [0.25, 0.3) is 0 Å². The normalized spacial score (nSPS) is 20.5. The van der Waals surface area contributed by atoms with Crippen LogP contribution in [0.4, 0.5) is 0 Å². The van der Waals surface area contributed by atoms with E-state index < -0.39 is 5.92 Å². The number of hydrogen-bond acceptors (Lipinski definition) is 6. The molecule has 1 heterocycles. The Morgan fingerprint density at radius 3 is 2.59 bits per heavy atom. The van der Waals surface area contributed by atoms with E-state index in [0.29, 0.717) is 28.6 Å². The van der Waals surface area contributed by atoms with Crippen molar-refractivity contribution in [2.24, 2.45) is 0 Å². The maximum atomic E-state index is 13.1. The predicted molar refractivity (Wildman–Crippen MR) is 120 cm³/mol. The van der Waals surface area contributed by atoms with E-state index in [1.54, 1.807) is 6.07 Å². The van der Waals surface area contributed by atoms with Crippen LogP contribution in [0.3, 0.4) is 0 Å². The molecule has 1 atom stereocenters. The molecule has 32 heavy (non-hydrogen) atoms. The summed E-state index contributed by atoms with van der Waals surface area (Å²) in [5.41, 5.74) is 1.33. The number of halogens is 1. The van der Waals surface area contributed by atoms with Crippen molar-refractivity contribution in [2.75, 3.05) is 21.0 Å². The van der Waals surface area contributed by atoms with Crippen LogP contribution in [-0.2, 0) is 4.79 Å². The van der Waals surface area contributed by atoms with Gasteiger partial charge in [0.15, 0.2) is 11.5 Å². The Morgan fingerprint density at radius 2 is 1.88 bits per heavy atom. The summed E-state index contributed by atoms with van der Waals surface area (Å²) >= 11 is 6.20. The average Bonchev–Trinajstić information content (AvgIpc) is 3.26. The topological polar surface area (TPSA) is 86.3 Å². The molecular weight excluding hydrogens is 434 g/mol. The molecule has 172 valence electrons. The minimum absolute atomic E-state index is 0.000634. The van der Waals surface area contributed by atoms with Crippen molar-refractivity contribution in [1.82, 2.24) is 5.32 Å². The molecule has 2 aliphatic rings. The van der Waals surface area contributed by atoms with Crippen LogP contribution >= 0.6 is 11.6 Å². The highest BCUT2D eigenvalue weighted by atomic mass is 35.5. The summed E-state index contributed by atoms with van der Waals surface area (Å²) in [5.74, 6) is 1.62. The lowest BCUT2D eigenvalue weighted by Gasteiger charge is -2.27. The van der Waals surface area contributed by atoms with Crippen LogP contribution in [0.2, 0.25) is 0 Å². The number of phenolic OH excluding ortho intramolecular Hbond substituents is 1. The van der Waals surface area contributed by atoms with Crippen LogP contribution < -0.4 is 24.3 Å². The summed E-state index contributed by atoms with van der Waals surface area (Å²) in [4.78, 5) is 13.1. The van der Waals surface area contributed by atoms with Crippen LogP contribution in [-0.4, -0.2) is 43.4 Å². The largest absolute Gasteiger partial charge is 0.507 e. The Kier molecular flexibility index (Phi) is 6.84. The number of methoxy groups -OCH3 is 2. The second kappa shape index (κ2) is 9.77. The molecule has 1 aliphatic heterocycles. The molecule has 1 fully saturated rings. The van der Waals surface area contributed by atoms with Crippen LogP contribution in [0.25, 0.3) is 0 Å². The van der Waals surface area contributed by atoms with Crippen LogP contribution in [0.5, 0.6) is 28.7 Å². The Labute approximate surface area is 192 Å². The number of carbonyl (C=O) groups excluding carboxylic acids is 1. The number of nitrogens with one attached hydrogen (secondary N) is 1. The Hall–Kier alpha value is -2.80. The zero-order chi connectivity index (χ0) is 22.7. The standard InChI is InChI=1S/C24H28ClNO6/c1-29-17-10-19(27)24(22(11-17)30-2)18(14-3-8-20-21(9-14)32-13-31-20)12-23(28)26-16-6-4-15(25)5-7-16/h3,8-11,15-16,18,27H,4-7,12-13H2,1-2H3,(H,26,28). The number of hydrogen-bond donors (Lipinski definition) is 2. The molecule has 0 bridgehead atoms. The SMILES string of the molecule is COc1cc(O)c(C(CC(=O)NC2CCC(Cl)CC2)c2ccc3c(c2)OCO3)c(OC)c1. The molecule has 7 nitrogen and oxygen atoms in total. The van der Waals surface area contributed by atoms with Crippen molar-refractivity contribution < 1.29 is 28.8 Å². The van der Waals surface area contributed by atoms with Gasteiger partial charge in [-0.2, -0.15) is 0 Å². The highest BCUT2D eigenvalue weighted by Gasteiger charge is 2.29. The van der Waals surface area contributed by atoms with Crippen LogP contribution in [0.15, 0.2) is 30.3 Å². The van der Waals surface area contributed by atoms with E-state index in [1.165, 1.54) is 20.3 Å². The van der Waals surface area contributed by atoms with Crippen molar-refractivity contribution in [2.45, 2.75) is 49.4 Å². The molecule has 0 radical (unpaired) electrons. The molecule has 1 saturated carbocycles. The van der Waals surface area contributed by atoms with E-state index in [1.807, 2.05) is 18.2 Å². The maximum absolute atomic E-state index is 13.1. The van der Waals surface area contributed by atoms with E-state index in [-0.39, 0.29) is 36.3 Å². The van der Waals surface area contributed by atoms with Gasteiger partial charge in [-0.05, 0) is 43.4 Å². The lowest BCUT2D eigenvalue weighted by molar-refractivity contribution is -0.122. The first-order valence-corrected chi connectivity index (χ1v) is 11.2. The molecular formula is C24H28ClNO6. The van der Waals surface area contributed by atoms with Gasteiger partial charge in [-0.1, -0.05) is 6.07 Å². The number of ether oxygens (including phenoxy) is 4. The molecule has 0 spiro atoms. The van der Waals surface area contributed by atoms with Gasteiger partial charge >= 0.3 is 0 Å². The maximum Gasteiger partial charge on any atom is 0.231 e. The van der Waals surface area contributed by atoms with E-state index in [9.17, 15) is 9.90 Å². The first-order valence-electron chi connectivity index (χ1n) is 10.8. The van der Waals surface area contributed by atoms with Crippen molar-refractivity contribution >= 4 is 17.5 Å². The summed E-state index contributed by atoms with van der Waals surface area (Å²) in [6.45, 7) is 0.157. The molecule has 2 aromatic carbocycles. The number of phenols is 1. The summed E-state index contributed by atoms with van der Waals surface area (Å²) in [7, 11) is 3.05. The van der Waals surface area contributed by atoms with Gasteiger partial charge in [-0.25, -0.2) is 0 Å². The summed E-state index contributed by atoms with van der Waals surface area (Å²) < 4.78 is 21.8. The molecule has 4 rings (SSSR count). The lowest BCUT2D eigenvalue weighted by atomic mass is 9.86. The molecule has 1 unspecified atom stereocenters. The van der Waals surface area contributed by atoms with Gasteiger partial charge in [0.1, 0.15) is 17.2 Å². The lowest BCUT2D eigenvalue weighted by Crippen LogP contribution is -2.38. The van der Waals surface area contributed by atoms with Gasteiger partial charge in [0.05, 0.1) is 14.2 Å². The summed E-state index contributed by atoms with van der Waals surface area (Å²) in [6.07, 6.45) is 3.66. The Balaban J connectivity index is 1.65. The van der Waals surface area contributed by atoms with Crippen molar-refractivity contribution in [3.63, 3.8) is 0 Å². The van der Waals surface area contributed by atoms with Crippen molar-refractivity contribution in [3.05, 3.63) is 41.5 Å². The quantitative estimate of drug-likeness (QED) is 0.597. The first kappa shape index (κ1) is 22.4. The fraction of sp³-hybridized carbons (Fsp3) is 0.458. The van der Waals surface area contributed by atoms with E-state index >= 15 is 0 Å².